The molecule has 0 saturated heterocycles. The van der Waals surface area contributed by atoms with Gasteiger partial charge in [0.2, 0.25) is 11.8 Å². The molecule has 0 fully saturated rings. The maximum absolute atomic E-state index is 13.9. The van der Waals surface area contributed by atoms with Crippen LogP contribution in [0, 0.1) is 6.92 Å². The number of carbonyl (C=O) groups excluding carboxylic acids is 2. The van der Waals surface area contributed by atoms with E-state index in [0.29, 0.717) is 23.6 Å². The maximum Gasteiger partial charge on any atom is 0.264 e. The highest BCUT2D eigenvalue weighted by Gasteiger charge is 2.33. The summed E-state index contributed by atoms with van der Waals surface area (Å²) < 4.78 is 28.7. The van der Waals surface area contributed by atoms with Crippen LogP contribution in [-0.2, 0) is 26.2 Å². The number of aryl methyl sites for hydroxylation is 1. The molecule has 0 spiro atoms. The SMILES string of the molecule is CCCNC(=O)[C@H](C)N(Cc1ccc(Cl)c(Cl)c1)C(=O)CN(c1cccc(Cl)c1Cl)S(=O)(=O)c1ccc(C)cc1. The van der Waals surface area contributed by atoms with Crippen molar-refractivity contribution in [3.8, 4) is 0 Å². The molecular formula is C28H29Cl4N3O4S. The van der Waals surface area contributed by atoms with Crippen LogP contribution in [0.5, 0.6) is 0 Å². The van der Waals surface area contributed by atoms with Gasteiger partial charge in [-0.3, -0.25) is 13.9 Å². The summed E-state index contributed by atoms with van der Waals surface area (Å²) in [6.07, 6.45) is 0.703. The second-order valence-corrected chi connectivity index (χ2v) is 12.6. The molecule has 0 aromatic heterocycles. The Morgan fingerprint density at radius 2 is 1.60 bits per heavy atom. The van der Waals surface area contributed by atoms with Gasteiger partial charge in [0, 0.05) is 13.1 Å². The first-order valence-corrected chi connectivity index (χ1v) is 15.4. The van der Waals surface area contributed by atoms with Crippen molar-refractivity contribution in [2.45, 2.75) is 44.7 Å². The summed E-state index contributed by atoms with van der Waals surface area (Å²) in [4.78, 5) is 28.1. The first-order chi connectivity index (χ1) is 18.9. The number of hydrogen-bond acceptors (Lipinski definition) is 4. The van der Waals surface area contributed by atoms with Crippen LogP contribution in [0.4, 0.5) is 5.69 Å². The number of nitrogens with zero attached hydrogens (tertiary/aromatic N) is 2. The van der Waals surface area contributed by atoms with Crippen molar-refractivity contribution < 1.29 is 18.0 Å². The van der Waals surface area contributed by atoms with E-state index in [-0.39, 0.29) is 38.1 Å². The Balaban J connectivity index is 2.07. The van der Waals surface area contributed by atoms with Gasteiger partial charge in [0.25, 0.3) is 10.0 Å². The predicted molar refractivity (Wildman–Crippen MR) is 162 cm³/mol. The van der Waals surface area contributed by atoms with Gasteiger partial charge in [-0.2, -0.15) is 0 Å². The molecule has 12 heteroatoms. The van der Waals surface area contributed by atoms with Crippen molar-refractivity contribution in [2.24, 2.45) is 0 Å². The standard InChI is InChI=1S/C28H29Cl4N3O4S/c1-4-14-33-28(37)19(3)34(16-20-10-13-22(29)24(31)15-20)26(36)17-35(25-7-5-6-23(30)27(25)32)40(38,39)21-11-8-18(2)9-12-21/h5-13,15,19H,4,14,16-17H2,1-3H3,(H,33,37)/t19-/m0/s1. The van der Waals surface area contributed by atoms with E-state index in [2.05, 4.69) is 5.32 Å². The van der Waals surface area contributed by atoms with E-state index >= 15 is 0 Å². The number of carbonyl (C=O) groups is 2. The van der Waals surface area contributed by atoms with Crippen molar-refractivity contribution >= 4 is 73.9 Å². The average Bonchev–Trinajstić information content (AvgIpc) is 2.92. The molecule has 1 N–H and O–H groups in total. The molecule has 0 aliphatic heterocycles. The van der Waals surface area contributed by atoms with Crippen LogP contribution in [-0.4, -0.2) is 44.3 Å². The van der Waals surface area contributed by atoms with Crippen LogP contribution in [0.15, 0.2) is 65.6 Å². The molecule has 0 radical (unpaired) electrons. The van der Waals surface area contributed by atoms with Crippen LogP contribution < -0.4 is 9.62 Å². The molecule has 0 heterocycles. The van der Waals surface area contributed by atoms with E-state index in [4.69, 9.17) is 46.4 Å². The van der Waals surface area contributed by atoms with Crippen LogP contribution in [0.2, 0.25) is 20.1 Å². The minimum Gasteiger partial charge on any atom is -0.354 e. The molecule has 3 aromatic rings. The molecule has 7 nitrogen and oxygen atoms in total. The van der Waals surface area contributed by atoms with E-state index in [0.717, 1.165) is 9.87 Å². The Labute approximate surface area is 255 Å². The lowest BCUT2D eigenvalue weighted by Gasteiger charge is -2.32. The minimum atomic E-state index is -4.28. The molecule has 3 rings (SSSR count). The highest BCUT2D eigenvalue weighted by Crippen LogP contribution is 2.35. The lowest BCUT2D eigenvalue weighted by molar-refractivity contribution is -0.139. The third-order valence-corrected chi connectivity index (χ3v) is 9.46. The minimum absolute atomic E-state index is 0.0284. The Hall–Kier alpha value is -2.49. The zero-order valence-electron chi connectivity index (χ0n) is 22.1. The first kappa shape index (κ1) is 32.0. The Kier molecular flexibility index (Phi) is 11.1. The Morgan fingerprint density at radius 3 is 2.23 bits per heavy atom. The smallest absolute Gasteiger partial charge is 0.264 e. The summed E-state index contributed by atoms with van der Waals surface area (Å²) in [5.41, 5.74) is 1.49. The molecule has 3 aromatic carbocycles. The topological polar surface area (TPSA) is 86.8 Å². The monoisotopic (exact) mass is 643 g/mol. The maximum atomic E-state index is 13.9. The number of amides is 2. The van der Waals surface area contributed by atoms with Gasteiger partial charge in [-0.1, -0.05) is 83.2 Å². The molecule has 40 heavy (non-hydrogen) atoms. The van der Waals surface area contributed by atoms with E-state index in [9.17, 15) is 18.0 Å². The van der Waals surface area contributed by atoms with Gasteiger partial charge in [-0.15, -0.1) is 0 Å². The van der Waals surface area contributed by atoms with Crippen molar-refractivity contribution in [2.75, 3.05) is 17.4 Å². The molecule has 0 aliphatic carbocycles. The molecular weight excluding hydrogens is 616 g/mol. The highest BCUT2D eigenvalue weighted by molar-refractivity contribution is 7.92. The number of rotatable bonds is 11. The summed E-state index contributed by atoms with van der Waals surface area (Å²) in [5.74, 6) is -1.03. The van der Waals surface area contributed by atoms with Crippen molar-refractivity contribution in [1.82, 2.24) is 10.2 Å². The quantitative estimate of drug-likeness (QED) is 0.250. The summed E-state index contributed by atoms with van der Waals surface area (Å²) in [6, 6.07) is 14.7. The Morgan fingerprint density at radius 1 is 0.925 bits per heavy atom. The summed E-state index contributed by atoms with van der Waals surface area (Å²) in [6.45, 7) is 5.06. The van der Waals surface area contributed by atoms with Gasteiger partial charge < -0.3 is 10.2 Å². The molecule has 0 saturated carbocycles. The van der Waals surface area contributed by atoms with Crippen LogP contribution in [0.3, 0.4) is 0 Å². The number of nitrogens with one attached hydrogen (secondary N) is 1. The normalized spacial score (nSPS) is 12.1. The zero-order valence-corrected chi connectivity index (χ0v) is 26.0. The third-order valence-electron chi connectivity index (χ3n) is 6.14. The van der Waals surface area contributed by atoms with E-state index in [1.807, 2.05) is 13.8 Å². The van der Waals surface area contributed by atoms with Crippen LogP contribution in [0.25, 0.3) is 0 Å². The Bertz CT molecular complexity index is 1480. The summed E-state index contributed by atoms with van der Waals surface area (Å²) in [7, 11) is -4.28. The van der Waals surface area contributed by atoms with E-state index in [1.54, 1.807) is 43.3 Å². The van der Waals surface area contributed by atoms with Gasteiger partial charge in [0.1, 0.15) is 12.6 Å². The number of hydrogen-bond donors (Lipinski definition) is 1. The van der Waals surface area contributed by atoms with Crippen molar-refractivity contribution in [3.05, 3.63) is 91.9 Å². The summed E-state index contributed by atoms with van der Waals surface area (Å²) in [5, 5.41) is 3.49. The van der Waals surface area contributed by atoms with E-state index in [1.165, 1.54) is 29.2 Å². The largest absolute Gasteiger partial charge is 0.354 e. The van der Waals surface area contributed by atoms with E-state index < -0.39 is 28.5 Å². The number of anilines is 1. The molecule has 0 aliphatic rings. The fraction of sp³-hybridized carbons (Fsp3) is 0.286. The zero-order chi connectivity index (χ0) is 29.6. The van der Waals surface area contributed by atoms with Crippen LogP contribution >= 0.6 is 46.4 Å². The molecule has 214 valence electrons. The van der Waals surface area contributed by atoms with Gasteiger partial charge in [0.05, 0.1) is 30.7 Å². The average molecular weight is 645 g/mol. The van der Waals surface area contributed by atoms with Gasteiger partial charge in [-0.25, -0.2) is 8.42 Å². The van der Waals surface area contributed by atoms with Gasteiger partial charge in [-0.05, 0) is 62.2 Å². The lowest BCUT2D eigenvalue weighted by Crippen LogP contribution is -2.51. The molecule has 2 amide bonds. The van der Waals surface area contributed by atoms with Crippen LogP contribution in [0.1, 0.15) is 31.4 Å². The van der Waals surface area contributed by atoms with Crippen molar-refractivity contribution in [3.63, 3.8) is 0 Å². The lowest BCUT2D eigenvalue weighted by atomic mass is 10.1. The molecule has 0 unspecified atom stereocenters. The number of sulfonamides is 1. The van der Waals surface area contributed by atoms with Gasteiger partial charge in [0.15, 0.2) is 0 Å². The number of halogens is 4. The second-order valence-electron chi connectivity index (χ2n) is 9.13. The molecule has 1 atom stereocenters. The number of benzene rings is 3. The van der Waals surface area contributed by atoms with Crippen molar-refractivity contribution in [1.29, 1.82) is 0 Å². The van der Waals surface area contributed by atoms with Gasteiger partial charge >= 0.3 is 0 Å². The molecule has 0 bridgehead atoms. The second kappa shape index (κ2) is 13.9. The predicted octanol–water partition coefficient (Wildman–Crippen LogP) is 6.75. The third kappa shape index (κ3) is 7.62. The first-order valence-electron chi connectivity index (χ1n) is 12.4. The fourth-order valence-electron chi connectivity index (χ4n) is 3.85. The highest BCUT2D eigenvalue weighted by atomic mass is 35.5. The summed E-state index contributed by atoms with van der Waals surface area (Å²) >= 11 is 24.9. The fourth-order valence-corrected chi connectivity index (χ4v) is 6.04.